The third-order valence-corrected chi connectivity index (χ3v) is 2.26. The van der Waals surface area contributed by atoms with E-state index in [1.165, 1.54) is 17.1 Å². The summed E-state index contributed by atoms with van der Waals surface area (Å²) < 4.78 is 2.05. The van der Waals surface area contributed by atoms with Crippen molar-refractivity contribution in [1.82, 2.24) is 19.7 Å². The summed E-state index contributed by atoms with van der Waals surface area (Å²) in [5, 5.41) is 6.49. The van der Waals surface area contributed by atoms with E-state index in [0.717, 1.165) is 0 Å². The Morgan fingerprint density at radius 3 is 2.88 bits per heavy atom. The van der Waals surface area contributed by atoms with Gasteiger partial charge in [0.25, 0.3) is 0 Å². The second-order valence-corrected chi connectivity index (χ2v) is 4.02. The lowest BCUT2D eigenvalue weighted by molar-refractivity contribution is -0.116. The van der Waals surface area contributed by atoms with Gasteiger partial charge in [0.15, 0.2) is 5.82 Å². The first kappa shape index (κ1) is 11.5. The molecule has 2 aromatic heterocycles. The first-order valence-corrected chi connectivity index (χ1v) is 5.49. The van der Waals surface area contributed by atoms with E-state index >= 15 is 0 Å². The monoisotopic (exact) mass is 296 g/mol. The maximum Gasteiger partial charge on any atom is 0.247 e. The third-order valence-electron chi connectivity index (χ3n) is 1.85. The highest BCUT2D eigenvalue weighted by Crippen LogP contribution is 2.06. The zero-order chi connectivity index (χ0) is 12.3. The van der Waals surface area contributed by atoms with E-state index < -0.39 is 0 Å². The number of aromatic nitrogens is 4. The van der Waals surface area contributed by atoms with Crippen molar-refractivity contribution in [3.63, 3.8) is 0 Å². The summed E-state index contributed by atoms with van der Waals surface area (Å²) in [6, 6.07) is 1.62. The summed E-state index contributed by atoms with van der Waals surface area (Å²) in [4.78, 5) is 19.5. The molecule has 0 fully saturated rings. The molecular formula is C9H9BrN6O. The molecular weight excluding hydrogens is 288 g/mol. The molecule has 2 heterocycles. The molecule has 0 aliphatic heterocycles. The minimum atomic E-state index is -0.246. The van der Waals surface area contributed by atoms with E-state index in [9.17, 15) is 4.79 Å². The largest absolute Gasteiger partial charge is 0.382 e. The minimum Gasteiger partial charge on any atom is -0.382 e. The number of nitrogen functional groups attached to an aromatic ring is 1. The van der Waals surface area contributed by atoms with Crippen molar-refractivity contribution in [1.29, 1.82) is 0 Å². The van der Waals surface area contributed by atoms with Crippen LogP contribution in [0.2, 0.25) is 0 Å². The van der Waals surface area contributed by atoms with Gasteiger partial charge in [-0.05, 0) is 22.0 Å². The smallest absolute Gasteiger partial charge is 0.247 e. The molecule has 3 N–H and O–H groups in total. The Kier molecular flexibility index (Phi) is 3.33. The Morgan fingerprint density at radius 2 is 2.29 bits per heavy atom. The molecule has 0 saturated carbocycles. The lowest BCUT2D eigenvalue weighted by Crippen LogP contribution is -2.19. The zero-order valence-electron chi connectivity index (χ0n) is 8.67. The molecule has 7 nitrogen and oxygen atoms in total. The molecule has 2 rings (SSSR count). The highest BCUT2D eigenvalue weighted by atomic mass is 79.9. The van der Waals surface area contributed by atoms with Crippen LogP contribution in [0, 0.1) is 0 Å². The molecule has 0 saturated heterocycles. The van der Waals surface area contributed by atoms with Crippen LogP contribution in [-0.2, 0) is 11.3 Å². The third kappa shape index (κ3) is 3.25. The van der Waals surface area contributed by atoms with Gasteiger partial charge < -0.3 is 11.1 Å². The fourth-order valence-electron chi connectivity index (χ4n) is 1.17. The van der Waals surface area contributed by atoms with Gasteiger partial charge in [0.2, 0.25) is 5.91 Å². The molecule has 1 amide bonds. The number of anilines is 2. The fourth-order valence-corrected chi connectivity index (χ4v) is 1.38. The van der Waals surface area contributed by atoms with Crippen molar-refractivity contribution >= 4 is 33.5 Å². The van der Waals surface area contributed by atoms with Gasteiger partial charge in [0, 0.05) is 6.20 Å². The van der Waals surface area contributed by atoms with Crippen molar-refractivity contribution in [2.24, 2.45) is 0 Å². The number of hydrogen-bond acceptors (Lipinski definition) is 5. The molecule has 2 aromatic rings. The highest BCUT2D eigenvalue weighted by molar-refractivity contribution is 9.10. The molecule has 0 unspecified atom stereocenters. The molecule has 0 atom stereocenters. The van der Waals surface area contributed by atoms with Gasteiger partial charge in [0.1, 0.15) is 17.0 Å². The number of amides is 1. The number of carbonyl (C=O) groups excluding carboxylic acids is 1. The number of hydrogen-bond donors (Lipinski definition) is 2. The predicted octanol–water partition coefficient (Wildman–Crippen LogP) is 0.656. The summed E-state index contributed by atoms with van der Waals surface area (Å²) in [6.07, 6.45) is 4.59. The number of nitrogens with two attached hydrogens (primary N) is 1. The van der Waals surface area contributed by atoms with Gasteiger partial charge >= 0.3 is 0 Å². The maximum atomic E-state index is 11.6. The molecule has 0 aliphatic carbocycles. The second-order valence-electron chi connectivity index (χ2n) is 3.21. The normalized spacial score (nSPS) is 10.2. The lowest BCUT2D eigenvalue weighted by Gasteiger charge is -2.03. The zero-order valence-corrected chi connectivity index (χ0v) is 10.3. The van der Waals surface area contributed by atoms with Crippen molar-refractivity contribution < 1.29 is 4.79 Å². The van der Waals surface area contributed by atoms with Crippen LogP contribution in [-0.4, -0.2) is 25.7 Å². The summed E-state index contributed by atoms with van der Waals surface area (Å²) in [5.41, 5.74) is 5.43. The predicted molar refractivity (Wildman–Crippen MR) is 65.0 cm³/mol. The van der Waals surface area contributed by atoms with Gasteiger partial charge in [-0.1, -0.05) is 0 Å². The Morgan fingerprint density at radius 1 is 1.47 bits per heavy atom. The molecule has 0 bridgehead atoms. The Labute approximate surface area is 105 Å². The molecule has 8 heteroatoms. The van der Waals surface area contributed by atoms with E-state index in [4.69, 9.17) is 5.73 Å². The second kappa shape index (κ2) is 4.91. The van der Waals surface area contributed by atoms with Crippen LogP contribution in [0.4, 0.5) is 11.6 Å². The van der Waals surface area contributed by atoms with Crippen molar-refractivity contribution in [2.75, 3.05) is 11.1 Å². The SMILES string of the molecule is Nc1ccn(CC(=O)Nc2cnc(Br)cn2)n1. The van der Waals surface area contributed by atoms with Gasteiger partial charge in [-0.25, -0.2) is 9.97 Å². The lowest BCUT2D eigenvalue weighted by atomic mass is 10.5. The Bertz CT molecular complexity index is 523. The van der Waals surface area contributed by atoms with E-state index in [1.807, 2.05) is 0 Å². The maximum absolute atomic E-state index is 11.6. The topological polar surface area (TPSA) is 98.7 Å². The molecule has 0 radical (unpaired) electrons. The summed E-state index contributed by atoms with van der Waals surface area (Å²) >= 11 is 3.15. The summed E-state index contributed by atoms with van der Waals surface area (Å²) in [5.74, 6) is 0.518. The van der Waals surface area contributed by atoms with Gasteiger partial charge in [-0.15, -0.1) is 0 Å². The molecule has 17 heavy (non-hydrogen) atoms. The van der Waals surface area contributed by atoms with Gasteiger partial charge in [-0.2, -0.15) is 5.10 Å². The van der Waals surface area contributed by atoms with Gasteiger partial charge in [0.05, 0.1) is 12.4 Å². The fraction of sp³-hybridized carbons (Fsp3) is 0.111. The number of nitrogens with one attached hydrogen (secondary N) is 1. The van der Waals surface area contributed by atoms with Crippen molar-refractivity contribution in [3.8, 4) is 0 Å². The molecule has 88 valence electrons. The molecule has 0 spiro atoms. The number of nitrogens with zero attached hydrogens (tertiary/aromatic N) is 4. The van der Waals surface area contributed by atoms with Crippen LogP contribution in [0.3, 0.4) is 0 Å². The average molecular weight is 297 g/mol. The highest BCUT2D eigenvalue weighted by Gasteiger charge is 2.05. The minimum absolute atomic E-state index is 0.0783. The van der Waals surface area contributed by atoms with E-state index in [0.29, 0.717) is 16.2 Å². The number of rotatable bonds is 3. The van der Waals surface area contributed by atoms with E-state index in [2.05, 4.69) is 36.3 Å². The Hall–Kier alpha value is -1.96. The van der Waals surface area contributed by atoms with Crippen LogP contribution in [0.5, 0.6) is 0 Å². The molecule has 0 aliphatic rings. The van der Waals surface area contributed by atoms with Gasteiger partial charge in [-0.3, -0.25) is 9.48 Å². The van der Waals surface area contributed by atoms with Crippen LogP contribution < -0.4 is 11.1 Å². The van der Waals surface area contributed by atoms with Crippen LogP contribution in [0.25, 0.3) is 0 Å². The quantitative estimate of drug-likeness (QED) is 0.867. The average Bonchev–Trinajstić information content (AvgIpc) is 2.67. The summed E-state index contributed by atoms with van der Waals surface area (Å²) in [7, 11) is 0. The van der Waals surface area contributed by atoms with Crippen molar-refractivity contribution in [2.45, 2.75) is 6.54 Å². The number of carbonyl (C=O) groups is 1. The standard InChI is InChI=1S/C9H9BrN6O/c10-6-3-13-8(4-12-6)14-9(17)5-16-2-1-7(11)15-16/h1-4H,5H2,(H2,11,15)(H,13,14,17). The van der Waals surface area contributed by atoms with Crippen molar-refractivity contribution in [3.05, 3.63) is 29.3 Å². The van der Waals surface area contributed by atoms with E-state index in [1.54, 1.807) is 12.3 Å². The summed E-state index contributed by atoms with van der Waals surface area (Å²) in [6.45, 7) is 0.0783. The van der Waals surface area contributed by atoms with Crippen LogP contribution in [0.15, 0.2) is 29.3 Å². The van der Waals surface area contributed by atoms with Crippen LogP contribution >= 0.6 is 15.9 Å². The molecule has 0 aromatic carbocycles. The van der Waals surface area contributed by atoms with Crippen LogP contribution in [0.1, 0.15) is 0 Å². The van der Waals surface area contributed by atoms with E-state index in [-0.39, 0.29) is 12.5 Å². The first-order chi connectivity index (χ1) is 8.13. The first-order valence-electron chi connectivity index (χ1n) is 4.70. The number of halogens is 1. The Balaban J connectivity index is 1.95.